The second-order valence-electron chi connectivity index (χ2n) is 4.19. The number of ether oxygens (including phenoxy) is 1. The molecule has 1 rings (SSSR count). The summed E-state index contributed by atoms with van der Waals surface area (Å²) in [7, 11) is 1.73. The summed E-state index contributed by atoms with van der Waals surface area (Å²) in [5.41, 5.74) is 4.09. The Bertz CT molecular complexity index is 323. The minimum absolute atomic E-state index is 0.349. The van der Waals surface area contributed by atoms with Crippen LogP contribution in [0.4, 0.5) is 5.69 Å². The van der Waals surface area contributed by atoms with Gasteiger partial charge in [0, 0.05) is 18.8 Å². The van der Waals surface area contributed by atoms with Gasteiger partial charge in [0.25, 0.3) is 0 Å². The Balaban J connectivity index is 2.74. The van der Waals surface area contributed by atoms with Gasteiger partial charge >= 0.3 is 0 Å². The highest BCUT2D eigenvalue weighted by Gasteiger charge is 2.04. The van der Waals surface area contributed by atoms with Crippen LogP contribution < -0.4 is 5.32 Å². The van der Waals surface area contributed by atoms with Crippen LogP contribution in [0.25, 0.3) is 0 Å². The highest BCUT2D eigenvalue weighted by atomic mass is 16.5. The summed E-state index contributed by atoms with van der Waals surface area (Å²) in [5.74, 6) is 0. The van der Waals surface area contributed by atoms with E-state index in [1.54, 1.807) is 7.11 Å². The fraction of sp³-hybridized carbons (Fsp3) is 0.571. The number of benzene rings is 1. The zero-order valence-corrected chi connectivity index (χ0v) is 10.8. The number of methoxy groups -OCH3 is 1. The minimum atomic E-state index is 0.349. The lowest BCUT2D eigenvalue weighted by molar-refractivity contribution is 0.190. The Kier molecular flexibility index (Phi) is 5.33. The maximum absolute atomic E-state index is 5.11. The normalized spacial score (nSPS) is 12.5. The lowest BCUT2D eigenvalue weighted by atomic mass is 10.0. The summed E-state index contributed by atoms with van der Waals surface area (Å²) in [6, 6.07) is 6.98. The Labute approximate surface area is 99.0 Å². The first-order valence-corrected chi connectivity index (χ1v) is 6.08. The zero-order chi connectivity index (χ0) is 12.0. The predicted octanol–water partition coefficient (Wildman–Crippen LogP) is 3.26. The molecular weight excluding hydrogens is 198 g/mol. The fourth-order valence-electron chi connectivity index (χ4n) is 1.97. The topological polar surface area (TPSA) is 21.3 Å². The Morgan fingerprint density at radius 1 is 1.19 bits per heavy atom. The third-order valence-electron chi connectivity index (χ3n) is 2.80. The van der Waals surface area contributed by atoms with Crippen molar-refractivity contribution < 1.29 is 4.74 Å². The molecule has 1 aromatic carbocycles. The van der Waals surface area contributed by atoms with Crippen molar-refractivity contribution in [3.8, 4) is 0 Å². The van der Waals surface area contributed by atoms with Crippen LogP contribution in [0.2, 0.25) is 0 Å². The summed E-state index contributed by atoms with van der Waals surface area (Å²) in [5, 5.41) is 3.44. The van der Waals surface area contributed by atoms with Crippen LogP contribution in [0.3, 0.4) is 0 Å². The molecule has 0 saturated carbocycles. The summed E-state index contributed by atoms with van der Waals surface area (Å²) in [6.07, 6.45) is 2.20. The maximum atomic E-state index is 5.11. The van der Waals surface area contributed by atoms with Gasteiger partial charge in [-0.3, -0.25) is 0 Å². The summed E-state index contributed by atoms with van der Waals surface area (Å²) in [4.78, 5) is 0. The van der Waals surface area contributed by atoms with Crippen LogP contribution in [-0.4, -0.2) is 19.8 Å². The van der Waals surface area contributed by atoms with Crippen molar-refractivity contribution in [3.63, 3.8) is 0 Å². The molecule has 0 aliphatic carbocycles. The monoisotopic (exact) mass is 221 g/mol. The Morgan fingerprint density at radius 2 is 1.88 bits per heavy atom. The Morgan fingerprint density at radius 3 is 2.44 bits per heavy atom. The molecule has 90 valence electrons. The first-order chi connectivity index (χ1) is 7.71. The van der Waals surface area contributed by atoms with E-state index >= 15 is 0 Å². The van der Waals surface area contributed by atoms with Crippen molar-refractivity contribution in [1.82, 2.24) is 0 Å². The molecule has 2 nitrogen and oxygen atoms in total. The summed E-state index contributed by atoms with van der Waals surface area (Å²) < 4.78 is 5.11. The molecule has 0 fully saturated rings. The van der Waals surface area contributed by atoms with Gasteiger partial charge in [-0.25, -0.2) is 0 Å². The molecule has 0 radical (unpaired) electrons. The number of hydrogen-bond acceptors (Lipinski definition) is 2. The third-order valence-corrected chi connectivity index (χ3v) is 2.80. The molecular formula is C14H23NO. The molecule has 2 heteroatoms. The first kappa shape index (κ1) is 13.0. The quantitative estimate of drug-likeness (QED) is 0.796. The van der Waals surface area contributed by atoms with Crippen molar-refractivity contribution in [1.29, 1.82) is 0 Å². The van der Waals surface area contributed by atoms with Gasteiger partial charge in [-0.05, 0) is 43.0 Å². The largest absolute Gasteiger partial charge is 0.383 e. The Hall–Kier alpha value is -1.02. The van der Waals surface area contributed by atoms with E-state index in [9.17, 15) is 0 Å². The third kappa shape index (κ3) is 3.53. The van der Waals surface area contributed by atoms with Gasteiger partial charge in [-0.1, -0.05) is 19.9 Å². The second kappa shape index (κ2) is 6.54. The molecule has 0 aromatic heterocycles. The predicted molar refractivity (Wildman–Crippen MR) is 70.2 cm³/mol. The van der Waals surface area contributed by atoms with Crippen LogP contribution in [0.5, 0.6) is 0 Å². The van der Waals surface area contributed by atoms with Crippen LogP contribution in [0, 0.1) is 0 Å². The second-order valence-corrected chi connectivity index (χ2v) is 4.19. The van der Waals surface area contributed by atoms with Gasteiger partial charge in [-0.2, -0.15) is 0 Å². The van der Waals surface area contributed by atoms with Gasteiger partial charge in [0.2, 0.25) is 0 Å². The number of anilines is 1. The van der Waals surface area contributed by atoms with Crippen molar-refractivity contribution >= 4 is 5.69 Å². The highest BCUT2D eigenvalue weighted by Crippen LogP contribution is 2.17. The molecule has 0 aliphatic rings. The van der Waals surface area contributed by atoms with Crippen LogP contribution in [0.1, 0.15) is 31.9 Å². The van der Waals surface area contributed by atoms with Crippen molar-refractivity contribution in [2.24, 2.45) is 0 Å². The molecule has 0 saturated heterocycles. The molecule has 0 aliphatic heterocycles. The first-order valence-electron chi connectivity index (χ1n) is 6.08. The standard InChI is InChI=1S/C14H23NO/c1-5-12-7-8-14(9-13(12)6-2)15-11(3)10-16-4/h7-9,11,15H,5-6,10H2,1-4H3. The number of aryl methyl sites for hydroxylation is 2. The molecule has 0 spiro atoms. The molecule has 1 atom stereocenters. The van der Waals surface area contributed by atoms with E-state index in [-0.39, 0.29) is 0 Å². The maximum Gasteiger partial charge on any atom is 0.0661 e. The van der Waals surface area contributed by atoms with Crippen LogP contribution >= 0.6 is 0 Å². The number of hydrogen-bond donors (Lipinski definition) is 1. The average molecular weight is 221 g/mol. The lowest BCUT2D eigenvalue weighted by Crippen LogP contribution is -2.20. The van der Waals surface area contributed by atoms with E-state index in [0.717, 1.165) is 19.4 Å². The van der Waals surface area contributed by atoms with Gasteiger partial charge in [0.05, 0.1) is 6.61 Å². The molecule has 0 amide bonds. The van der Waals surface area contributed by atoms with Gasteiger partial charge in [-0.15, -0.1) is 0 Å². The molecule has 1 unspecified atom stereocenters. The average Bonchev–Trinajstić information content (AvgIpc) is 2.29. The molecule has 1 aromatic rings. The van der Waals surface area contributed by atoms with Gasteiger partial charge in [0.1, 0.15) is 0 Å². The lowest BCUT2D eigenvalue weighted by Gasteiger charge is -2.16. The smallest absolute Gasteiger partial charge is 0.0661 e. The molecule has 16 heavy (non-hydrogen) atoms. The van der Waals surface area contributed by atoms with E-state index in [2.05, 4.69) is 44.3 Å². The van der Waals surface area contributed by atoms with E-state index in [4.69, 9.17) is 4.74 Å². The fourth-order valence-corrected chi connectivity index (χ4v) is 1.97. The molecule has 0 heterocycles. The van der Waals surface area contributed by atoms with Crippen molar-refractivity contribution in [2.45, 2.75) is 39.7 Å². The van der Waals surface area contributed by atoms with Gasteiger partial charge < -0.3 is 10.1 Å². The number of rotatable bonds is 6. The van der Waals surface area contributed by atoms with Crippen molar-refractivity contribution in [3.05, 3.63) is 29.3 Å². The van der Waals surface area contributed by atoms with E-state index in [1.807, 2.05) is 0 Å². The summed E-state index contributed by atoms with van der Waals surface area (Å²) >= 11 is 0. The SMILES string of the molecule is CCc1ccc(NC(C)COC)cc1CC. The summed E-state index contributed by atoms with van der Waals surface area (Å²) in [6.45, 7) is 7.27. The highest BCUT2D eigenvalue weighted by molar-refractivity contribution is 5.49. The molecule has 0 bridgehead atoms. The van der Waals surface area contributed by atoms with E-state index in [1.165, 1.54) is 16.8 Å². The zero-order valence-electron chi connectivity index (χ0n) is 10.8. The number of nitrogens with one attached hydrogen (secondary N) is 1. The van der Waals surface area contributed by atoms with Crippen LogP contribution in [-0.2, 0) is 17.6 Å². The molecule has 1 N–H and O–H groups in total. The van der Waals surface area contributed by atoms with E-state index in [0.29, 0.717) is 6.04 Å². The van der Waals surface area contributed by atoms with E-state index < -0.39 is 0 Å². The van der Waals surface area contributed by atoms with Gasteiger partial charge in [0.15, 0.2) is 0 Å². The van der Waals surface area contributed by atoms with Crippen LogP contribution in [0.15, 0.2) is 18.2 Å². The van der Waals surface area contributed by atoms with Crippen molar-refractivity contribution in [2.75, 3.05) is 19.0 Å². The minimum Gasteiger partial charge on any atom is -0.383 e.